The number of rotatable bonds is 4. The highest BCUT2D eigenvalue weighted by Gasteiger charge is 2.30. The predicted molar refractivity (Wildman–Crippen MR) is 163 cm³/mol. The number of benzene rings is 4. The van der Waals surface area contributed by atoms with Crippen LogP contribution in [0.15, 0.2) is 132 Å². The van der Waals surface area contributed by atoms with Crippen LogP contribution in [0.5, 0.6) is 0 Å². The molecule has 0 amide bonds. The summed E-state index contributed by atoms with van der Waals surface area (Å²) in [5.74, 6) is 0. The molecule has 5 aromatic rings. The summed E-state index contributed by atoms with van der Waals surface area (Å²) in [5.41, 5.74) is 8.36. The molecule has 0 fully saturated rings. The van der Waals surface area contributed by atoms with Gasteiger partial charge in [0.05, 0.1) is 22.0 Å². The lowest BCUT2D eigenvalue weighted by molar-refractivity contribution is -0.137. The number of allylic oxidation sites excluding steroid dienone is 3. The lowest BCUT2D eigenvalue weighted by Gasteiger charge is -2.10. The number of thioether (sulfide) groups is 1. The van der Waals surface area contributed by atoms with Crippen molar-refractivity contribution in [3.63, 3.8) is 0 Å². The predicted octanol–water partition coefficient (Wildman–Crippen LogP) is 9.96. The van der Waals surface area contributed by atoms with Gasteiger partial charge in [-0.05, 0) is 64.6 Å². The summed E-state index contributed by atoms with van der Waals surface area (Å²) in [7, 11) is 0. The van der Waals surface area contributed by atoms with Crippen LogP contribution in [0.4, 0.5) is 13.2 Å². The van der Waals surface area contributed by atoms with Crippen LogP contribution < -0.4 is 0 Å². The molecule has 1 atom stereocenters. The molecule has 2 heterocycles. The van der Waals surface area contributed by atoms with Crippen molar-refractivity contribution in [2.75, 3.05) is 0 Å². The molecule has 0 bridgehead atoms. The van der Waals surface area contributed by atoms with Crippen LogP contribution in [0, 0.1) is 0 Å². The summed E-state index contributed by atoms with van der Waals surface area (Å²) < 4.78 is 38.6. The number of hydrogen-bond acceptors (Lipinski definition) is 3. The van der Waals surface area contributed by atoms with Crippen LogP contribution in [0.2, 0.25) is 0 Å². The quantitative estimate of drug-likeness (QED) is 0.219. The van der Waals surface area contributed by atoms with Crippen LogP contribution in [0.1, 0.15) is 17.5 Å². The van der Waals surface area contributed by atoms with Crippen LogP contribution in [0.3, 0.4) is 0 Å². The lowest BCUT2D eigenvalue weighted by atomic mass is 9.98. The number of pyridine rings is 1. The standard InChI is InChI=1S/C35H23F3N2S/c36-35(37,38)30-17-15-23(16-18-30)22-5-7-24(8-6-22)27-13-14-28-19-29(21-39-32(28)20-27)25-9-11-26(12-10-25)34-40-31-3-1-2-4-33(31)41-34/h1-3,5-21,33H,4H2. The Morgan fingerprint density at radius 3 is 1.90 bits per heavy atom. The first-order valence-corrected chi connectivity index (χ1v) is 14.2. The Labute approximate surface area is 240 Å². The highest BCUT2D eigenvalue weighted by molar-refractivity contribution is 8.15. The zero-order valence-corrected chi connectivity index (χ0v) is 22.6. The van der Waals surface area contributed by atoms with E-state index in [0.29, 0.717) is 5.25 Å². The summed E-state index contributed by atoms with van der Waals surface area (Å²) in [6.07, 6.45) is 4.98. The van der Waals surface area contributed by atoms with Crippen molar-refractivity contribution in [2.24, 2.45) is 4.99 Å². The average Bonchev–Trinajstić information content (AvgIpc) is 3.45. The summed E-state index contributed by atoms with van der Waals surface area (Å²) in [6, 6.07) is 30.0. The van der Waals surface area contributed by atoms with Gasteiger partial charge in [0.25, 0.3) is 0 Å². The van der Waals surface area contributed by atoms with Gasteiger partial charge in [-0.25, -0.2) is 4.99 Å². The second-order valence-corrected chi connectivity index (χ2v) is 11.3. The Balaban J connectivity index is 1.09. The fourth-order valence-electron chi connectivity index (χ4n) is 5.20. The third kappa shape index (κ3) is 5.11. The van der Waals surface area contributed by atoms with Crippen LogP contribution in [-0.4, -0.2) is 15.3 Å². The van der Waals surface area contributed by atoms with Gasteiger partial charge in [0.15, 0.2) is 0 Å². The Morgan fingerprint density at radius 2 is 1.24 bits per heavy atom. The molecule has 1 unspecified atom stereocenters. The molecule has 7 rings (SSSR count). The molecular weight excluding hydrogens is 537 g/mol. The van der Waals surface area contributed by atoms with Crippen molar-refractivity contribution in [2.45, 2.75) is 17.8 Å². The van der Waals surface area contributed by atoms with Gasteiger partial charge in [-0.1, -0.05) is 96.7 Å². The fourth-order valence-corrected chi connectivity index (χ4v) is 6.36. The average molecular weight is 561 g/mol. The summed E-state index contributed by atoms with van der Waals surface area (Å²) in [5, 5.41) is 2.56. The molecule has 1 aliphatic carbocycles. The maximum Gasteiger partial charge on any atom is 0.416 e. The zero-order chi connectivity index (χ0) is 28.0. The molecule has 4 aromatic carbocycles. The Hall–Kier alpha value is -4.42. The number of alkyl halides is 3. The summed E-state index contributed by atoms with van der Waals surface area (Å²) in [4.78, 5) is 9.58. The van der Waals surface area contributed by atoms with Gasteiger partial charge in [-0.2, -0.15) is 13.2 Å². The number of fused-ring (bicyclic) bond motifs is 2. The molecule has 1 aromatic heterocycles. The van der Waals surface area contributed by atoms with Gasteiger partial charge in [0.1, 0.15) is 5.04 Å². The van der Waals surface area contributed by atoms with E-state index in [2.05, 4.69) is 66.8 Å². The van der Waals surface area contributed by atoms with E-state index in [9.17, 15) is 13.2 Å². The normalized spacial score (nSPS) is 16.4. The first-order chi connectivity index (χ1) is 19.9. The maximum atomic E-state index is 12.9. The van der Waals surface area contributed by atoms with Crippen molar-refractivity contribution in [3.8, 4) is 33.4 Å². The van der Waals surface area contributed by atoms with Crippen molar-refractivity contribution in [1.29, 1.82) is 0 Å². The smallest absolute Gasteiger partial charge is 0.256 e. The van der Waals surface area contributed by atoms with Crippen LogP contribution >= 0.6 is 11.8 Å². The lowest BCUT2D eigenvalue weighted by Crippen LogP contribution is -2.03. The Kier molecular flexibility index (Phi) is 6.36. The van der Waals surface area contributed by atoms with Gasteiger partial charge in [-0.15, -0.1) is 0 Å². The first kappa shape index (κ1) is 25.5. The van der Waals surface area contributed by atoms with E-state index in [0.717, 1.165) is 79.1 Å². The van der Waals surface area contributed by atoms with E-state index >= 15 is 0 Å². The molecule has 200 valence electrons. The van der Waals surface area contributed by atoms with E-state index in [4.69, 9.17) is 9.98 Å². The highest BCUT2D eigenvalue weighted by Crippen LogP contribution is 2.38. The van der Waals surface area contributed by atoms with Crippen molar-refractivity contribution >= 4 is 27.7 Å². The third-order valence-electron chi connectivity index (χ3n) is 7.48. The van der Waals surface area contributed by atoms with E-state index in [1.165, 1.54) is 12.1 Å². The third-order valence-corrected chi connectivity index (χ3v) is 8.75. The van der Waals surface area contributed by atoms with Crippen molar-refractivity contribution in [1.82, 2.24) is 4.98 Å². The van der Waals surface area contributed by atoms with E-state index < -0.39 is 11.7 Å². The molecule has 6 heteroatoms. The summed E-state index contributed by atoms with van der Waals surface area (Å²) >= 11 is 1.83. The minimum absolute atomic E-state index is 0.432. The molecule has 2 aliphatic rings. The van der Waals surface area contributed by atoms with Gasteiger partial charge in [0.2, 0.25) is 0 Å². The second-order valence-electron chi connectivity index (χ2n) is 10.1. The Morgan fingerprint density at radius 1 is 0.659 bits per heavy atom. The van der Waals surface area contributed by atoms with E-state index in [1.807, 2.05) is 42.2 Å². The number of hydrogen-bond donors (Lipinski definition) is 0. The fraction of sp³-hybridized carbons (Fsp3) is 0.0857. The zero-order valence-electron chi connectivity index (χ0n) is 21.8. The van der Waals surface area contributed by atoms with Gasteiger partial charge in [0, 0.05) is 22.7 Å². The van der Waals surface area contributed by atoms with Gasteiger partial charge >= 0.3 is 6.18 Å². The monoisotopic (exact) mass is 560 g/mol. The maximum absolute atomic E-state index is 12.9. The molecule has 0 spiro atoms. The molecular formula is C35H23F3N2S. The largest absolute Gasteiger partial charge is 0.416 e. The molecule has 0 saturated heterocycles. The highest BCUT2D eigenvalue weighted by atomic mass is 32.2. The van der Waals surface area contributed by atoms with Gasteiger partial charge < -0.3 is 0 Å². The molecule has 41 heavy (non-hydrogen) atoms. The van der Waals surface area contributed by atoms with Gasteiger partial charge in [-0.3, -0.25) is 4.98 Å². The molecule has 0 saturated carbocycles. The molecule has 2 nitrogen and oxygen atoms in total. The second kappa shape index (κ2) is 10.2. The number of aromatic nitrogens is 1. The topological polar surface area (TPSA) is 25.2 Å². The number of halogens is 3. The van der Waals surface area contributed by atoms with E-state index in [1.54, 1.807) is 0 Å². The SMILES string of the molecule is FC(F)(F)c1ccc(-c2ccc(-c3ccc4cc(-c5ccc(C6=NC7=CC=CCC7S6)cc5)cnc4c3)cc2)cc1. The van der Waals surface area contributed by atoms with Crippen molar-refractivity contribution in [3.05, 3.63) is 138 Å². The Bertz CT molecular complexity index is 1850. The van der Waals surface area contributed by atoms with Crippen LogP contribution in [0.25, 0.3) is 44.3 Å². The minimum atomic E-state index is -4.34. The van der Waals surface area contributed by atoms with Crippen LogP contribution in [-0.2, 0) is 6.18 Å². The first-order valence-electron chi connectivity index (χ1n) is 13.3. The number of aliphatic imine (C=N–C) groups is 1. The summed E-state index contributed by atoms with van der Waals surface area (Å²) in [6.45, 7) is 0. The minimum Gasteiger partial charge on any atom is -0.256 e. The molecule has 0 N–H and O–H groups in total. The van der Waals surface area contributed by atoms with Crippen molar-refractivity contribution < 1.29 is 13.2 Å². The molecule has 1 aliphatic heterocycles. The number of nitrogens with zero attached hydrogens (tertiary/aromatic N) is 2. The molecule has 0 radical (unpaired) electrons. The van der Waals surface area contributed by atoms with E-state index in [-0.39, 0.29) is 0 Å².